The molecule has 2 nitrogen and oxygen atoms in total. The van der Waals surface area contributed by atoms with Crippen LogP contribution in [0.15, 0.2) is 42.5 Å². The third-order valence-electron chi connectivity index (χ3n) is 3.68. The average molecular weight is 273 g/mol. The molecule has 0 aliphatic rings. The predicted molar refractivity (Wildman–Crippen MR) is 79.1 cm³/mol. The highest BCUT2D eigenvalue weighted by Gasteiger charge is 2.24. The lowest BCUT2D eigenvalue weighted by molar-refractivity contribution is 0.143. The van der Waals surface area contributed by atoms with Crippen molar-refractivity contribution in [2.75, 3.05) is 6.54 Å². The maximum atomic E-state index is 14.1. The summed E-state index contributed by atoms with van der Waals surface area (Å²) in [7, 11) is 0. The van der Waals surface area contributed by atoms with Gasteiger partial charge in [-0.2, -0.15) is 0 Å². The van der Waals surface area contributed by atoms with E-state index in [-0.39, 0.29) is 18.3 Å². The second-order valence-electron chi connectivity index (χ2n) is 5.18. The summed E-state index contributed by atoms with van der Waals surface area (Å²) in [6, 6.07) is 12.9. The highest BCUT2D eigenvalue weighted by Crippen LogP contribution is 2.32. The molecule has 2 unspecified atom stereocenters. The summed E-state index contributed by atoms with van der Waals surface area (Å²) >= 11 is 0. The first-order chi connectivity index (χ1) is 9.54. The molecule has 0 saturated heterocycles. The molecule has 0 aromatic heterocycles. The summed E-state index contributed by atoms with van der Waals surface area (Å²) in [6.45, 7) is 3.95. The van der Waals surface area contributed by atoms with Crippen LogP contribution in [0.5, 0.6) is 0 Å². The fraction of sp³-hybridized carbons (Fsp3) is 0.294. The molecule has 0 spiro atoms. The van der Waals surface area contributed by atoms with Crippen LogP contribution >= 0.6 is 0 Å². The zero-order chi connectivity index (χ0) is 14.7. The van der Waals surface area contributed by atoms with Crippen LogP contribution in [0.4, 0.5) is 4.39 Å². The number of aliphatic hydroxyl groups excluding tert-OH is 1. The first-order valence-corrected chi connectivity index (χ1v) is 6.74. The van der Waals surface area contributed by atoms with Gasteiger partial charge in [-0.15, -0.1) is 0 Å². The lowest BCUT2D eigenvalue weighted by atomic mass is 9.88. The Morgan fingerprint density at radius 2 is 1.75 bits per heavy atom. The molecular weight excluding hydrogens is 253 g/mol. The molecule has 0 amide bonds. The van der Waals surface area contributed by atoms with Crippen LogP contribution < -0.4 is 5.73 Å². The molecule has 2 rings (SSSR count). The first-order valence-electron chi connectivity index (χ1n) is 6.74. The SMILES string of the molecule is Cc1ccc(C(CN)C(O)c2cccc(C)c2F)cc1. The number of benzene rings is 2. The van der Waals surface area contributed by atoms with Crippen molar-refractivity contribution in [2.24, 2.45) is 5.73 Å². The van der Waals surface area contributed by atoms with Crippen molar-refractivity contribution in [3.05, 3.63) is 70.5 Å². The fourth-order valence-corrected chi connectivity index (χ4v) is 2.38. The Bertz CT molecular complexity index is 580. The molecule has 0 aliphatic carbocycles. The molecule has 20 heavy (non-hydrogen) atoms. The molecule has 0 fully saturated rings. The van der Waals surface area contributed by atoms with Crippen molar-refractivity contribution in [3.8, 4) is 0 Å². The minimum atomic E-state index is -0.942. The van der Waals surface area contributed by atoms with E-state index >= 15 is 0 Å². The number of nitrogens with two attached hydrogens (primary N) is 1. The molecule has 2 atom stereocenters. The van der Waals surface area contributed by atoms with Crippen LogP contribution in [-0.2, 0) is 0 Å². The van der Waals surface area contributed by atoms with Crippen molar-refractivity contribution in [3.63, 3.8) is 0 Å². The van der Waals surface area contributed by atoms with Gasteiger partial charge in [-0.3, -0.25) is 0 Å². The van der Waals surface area contributed by atoms with E-state index in [0.29, 0.717) is 11.1 Å². The molecule has 3 N–H and O–H groups in total. The number of aliphatic hydroxyl groups is 1. The van der Waals surface area contributed by atoms with Gasteiger partial charge in [-0.1, -0.05) is 48.0 Å². The van der Waals surface area contributed by atoms with Gasteiger partial charge < -0.3 is 10.8 Å². The molecule has 3 heteroatoms. The second kappa shape index (κ2) is 6.16. The molecule has 0 heterocycles. The fourth-order valence-electron chi connectivity index (χ4n) is 2.38. The number of aryl methyl sites for hydroxylation is 2. The Morgan fingerprint density at radius 3 is 2.35 bits per heavy atom. The van der Waals surface area contributed by atoms with Crippen LogP contribution in [0, 0.1) is 19.7 Å². The van der Waals surface area contributed by atoms with Crippen LogP contribution in [0.2, 0.25) is 0 Å². The Labute approximate surface area is 119 Å². The van der Waals surface area contributed by atoms with Crippen molar-refractivity contribution >= 4 is 0 Å². The van der Waals surface area contributed by atoms with E-state index in [0.717, 1.165) is 11.1 Å². The van der Waals surface area contributed by atoms with Gasteiger partial charge in [0.25, 0.3) is 0 Å². The van der Waals surface area contributed by atoms with Crippen molar-refractivity contribution in [2.45, 2.75) is 25.9 Å². The lowest BCUT2D eigenvalue weighted by Crippen LogP contribution is -2.21. The zero-order valence-corrected chi connectivity index (χ0v) is 11.8. The highest BCUT2D eigenvalue weighted by atomic mass is 19.1. The molecule has 0 aliphatic heterocycles. The predicted octanol–water partition coefficient (Wildman–Crippen LogP) is 3.22. The molecule has 106 valence electrons. The summed E-state index contributed by atoms with van der Waals surface area (Å²) in [5.41, 5.74) is 8.68. The Balaban J connectivity index is 2.36. The molecule has 0 bridgehead atoms. The summed E-state index contributed by atoms with van der Waals surface area (Å²) in [5.74, 6) is -0.669. The maximum absolute atomic E-state index is 14.1. The van der Waals surface area contributed by atoms with Crippen LogP contribution in [-0.4, -0.2) is 11.7 Å². The number of rotatable bonds is 4. The van der Waals surface area contributed by atoms with Crippen LogP contribution in [0.3, 0.4) is 0 Å². The van der Waals surface area contributed by atoms with Crippen molar-refractivity contribution < 1.29 is 9.50 Å². The lowest BCUT2D eigenvalue weighted by Gasteiger charge is -2.23. The van der Waals surface area contributed by atoms with Gasteiger partial charge in [0.1, 0.15) is 5.82 Å². The van der Waals surface area contributed by atoms with E-state index in [1.54, 1.807) is 25.1 Å². The van der Waals surface area contributed by atoms with Gasteiger partial charge >= 0.3 is 0 Å². The summed E-state index contributed by atoms with van der Waals surface area (Å²) < 4.78 is 14.1. The van der Waals surface area contributed by atoms with E-state index in [4.69, 9.17) is 5.73 Å². The third kappa shape index (κ3) is 2.89. The number of hydrogen-bond acceptors (Lipinski definition) is 2. The maximum Gasteiger partial charge on any atom is 0.131 e. The van der Waals surface area contributed by atoms with Crippen molar-refractivity contribution in [1.82, 2.24) is 0 Å². The largest absolute Gasteiger partial charge is 0.388 e. The van der Waals surface area contributed by atoms with Gasteiger partial charge in [-0.25, -0.2) is 4.39 Å². The normalized spacial score (nSPS) is 14.1. The summed E-state index contributed by atoms with van der Waals surface area (Å²) in [5, 5.41) is 10.5. The van der Waals surface area contributed by atoms with Crippen LogP contribution in [0.1, 0.15) is 34.3 Å². The number of hydrogen-bond donors (Lipinski definition) is 2. The molecule has 0 saturated carbocycles. The molecule has 0 radical (unpaired) electrons. The molecule has 2 aromatic carbocycles. The number of halogens is 1. The van der Waals surface area contributed by atoms with Gasteiger partial charge in [-0.05, 0) is 25.0 Å². The van der Waals surface area contributed by atoms with Gasteiger partial charge in [0, 0.05) is 18.0 Å². The minimum absolute atomic E-state index is 0.262. The Kier molecular flexibility index (Phi) is 4.53. The highest BCUT2D eigenvalue weighted by molar-refractivity contribution is 5.32. The van der Waals surface area contributed by atoms with Crippen LogP contribution in [0.25, 0.3) is 0 Å². The third-order valence-corrected chi connectivity index (χ3v) is 3.68. The van der Waals surface area contributed by atoms with Gasteiger partial charge in [0.15, 0.2) is 0 Å². The average Bonchev–Trinajstić information content (AvgIpc) is 2.44. The van der Waals surface area contributed by atoms with E-state index in [1.165, 1.54) is 0 Å². The Hall–Kier alpha value is -1.71. The second-order valence-corrected chi connectivity index (χ2v) is 5.18. The van der Waals surface area contributed by atoms with Gasteiger partial charge in [0.2, 0.25) is 0 Å². The Morgan fingerprint density at radius 1 is 1.10 bits per heavy atom. The first kappa shape index (κ1) is 14.7. The smallest absolute Gasteiger partial charge is 0.131 e. The standard InChI is InChI=1S/C17H20FNO/c1-11-6-8-13(9-7-11)15(10-19)17(20)14-5-3-4-12(2)16(14)18/h3-9,15,17,20H,10,19H2,1-2H3. The quantitative estimate of drug-likeness (QED) is 0.898. The topological polar surface area (TPSA) is 46.2 Å². The van der Waals surface area contributed by atoms with E-state index in [1.807, 2.05) is 31.2 Å². The monoisotopic (exact) mass is 273 g/mol. The minimum Gasteiger partial charge on any atom is -0.388 e. The molecule has 2 aromatic rings. The summed E-state index contributed by atoms with van der Waals surface area (Å²) in [4.78, 5) is 0. The van der Waals surface area contributed by atoms with E-state index in [9.17, 15) is 9.50 Å². The van der Waals surface area contributed by atoms with E-state index < -0.39 is 6.10 Å². The van der Waals surface area contributed by atoms with Crippen molar-refractivity contribution in [1.29, 1.82) is 0 Å². The summed E-state index contributed by atoms with van der Waals surface area (Å²) in [6.07, 6.45) is -0.942. The van der Waals surface area contributed by atoms with Gasteiger partial charge in [0.05, 0.1) is 6.10 Å². The van der Waals surface area contributed by atoms with E-state index in [2.05, 4.69) is 0 Å². The zero-order valence-electron chi connectivity index (χ0n) is 11.8. The molecular formula is C17H20FNO.